The summed E-state index contributed by atoms with van der Waals surface area (Å²) in [5.74, 6) is 0.899. The Balaban J connectivity index is 1.24. The Hall–Kier alpha value is -3.38. The summed E-state index contributed by atoms with van der Waals surface area (Å²) >= 11 is 0. The first-order valence-electron chi connectivity index (χ1n) is 11.4. The molecule has 3 heterocycles. The minimum absolute atomic E-state index is 0.0225. The molecule has 32 heavy (non-hydrogen) atoms. The molecule has 0 unspecified atom stereocenters. The predicted octanol–water partition coefficient (Wildman–Crippen LogP) is 3.19. The minimum Gasteiger partial charge on any atom is -0.368 e. The number of anilines is 2. The molecule has 6 nitrogen and oxygen atoms in total. The monoisotopic (exact) mass is 427 g/mol. The molecule has 0 aliphatic carbocycles. The average Bonchev–Trinajstić information content (AvgIpc) is 2.89. The van der Waals surface area contributed by atoms with Gasteiger partial charge in [0.1, 0.15) is 11.5 Å². The molecule has 0 radical (unpaired) electrons. The van der Waals surface area contributed by atoms with E-state index >= 15 is 0 Å². The van der Waals surface area contributed by atoms with E-state index in [1.54, 1.807) is 0 Å². The van der Waals surface area contributed by atoms with E-state index in [1.165, 1.54) is 11.3 Å². The molecular formula is C26H29N5O. The van der Waals surface area contributed by atoms with Crippen molar-refractivity contribution in [1.82, 2.24) is 15.2 Å². The number of carbonyl (C=O) groups is 1. The van der Waals surface area contributed by atoms with Crippen molar-refractivity contribution in [3.8, 4) is 0 Å². The maximum atomic E-state index is 13.2. The summed E-state index contributed by atoms with van der Waals surface area (Å²) in [6, 6.07) is 27.0. The Morgan fingerprint density at radius 2 is 1.50 bits per heavy atom. The zero-order valence-corrected chi connectivity index (χ0v) is 18.2. The van der Waals surface area contributed by atoms with Crippen LogP contribution in [0, 0.1) is 0 Å². The largest absolute Gasteiger partial charge is 0.368 e. The summed E-state index contributed by atoms with van der Waals surface area (Å²) in [5.41, 5.74) is 3.03. The SMILES string of the molecule is O=C(c1cccc(N2CCN[C@@H](c3ccccc3)C2)n1)N1CCN(c2ccccc2)CC1. The highest BCUT2D eigenvalue weighted by Gasteiger charge is 2.25. The number of amides is 1. The van der Waals surface area contributed by atoms with Crippen LogP contribution >= 0.6 is 0 Å². The first-order chi connectivity index (χ1) is 15.8. The van der Waals surface area contributed by atoms with Crippen LogP contribution in [0.5, 0.6) is 0 Å². The van der Waals surface area contributed by atoms with E-state index in [0.29, 0.717) is 18.8 Å². The predicted molar refractivity (Wildman–Crippen MR) is 128 cm³/mol. The fourth-order valence-electron chi connectivity index (χ4n) is 4.55. The molecule has 1 atom stereocenters. The molecule has 2 aliphatic rings. The molecule has 2 aromatic carbocycles. The lowest BCUT2D eigenvalue weighted by molar-refractivity contribution is 0.0741. The third-order valence-corrected chi connectivity index (χ3v) is 6.34. The molecule has 5 rings (SSSR count). The number of carbonyl (C=O) groups excluding carboxylic acids is 1. The second-order valence-electron chi connectivity index (χ2n) is 8.36. The average molecular weight is 428 g/mol. The van der Waals surface area contributed by atoms with Crippen LogP contribution in [-0.4, -0.2) is 61.6 Å². The van der Waals surface area contributed by atoms with Gasteiger partial charge in [0.2, 0.25) is 0 Å². The highest BCUT2D eigenvalue weighted by molar-refractivity contribution is 5.93. The smallest absolute Gasteiger partial charge is 0.272 e. The minimum atomic E-state index is 0.0225. The third-order valence-electron chi connectivity index (χ3n) is 6.34. The van der Waals surface area contributed by atoms with Gasteiger partial charge in [0, 0.05) is 57.5 Å². The van der Waals surface area contributed by atoms with Gasteiger partial charge in [-0.3, -0.25) is 4.79 Å². The number of nitrogens with zero attached hydrogens (tertiary/aromatic N) is 4. The maximum Gasteiger partial charge on any atom is 0.272 e. The Morgan fingerprint density at radius 1 is 0.781 bits per heavy atom. The standard InChI is InChI=1S/C26H29N5O/c32-26(30-18-16-29(17-19-30)22-10-5-2-6-11-22)23-12-7-13-25(28-23)31-15-14-27-24(20-31)21-8-3-1-4-9-21/h1-13,24,27H,14-20H2/t24-/m1/s1. The number of hydrogen-bond donors (Lipinski definition) is 1. The van der Waals surface area contributed by atoms with Crippen LogP contribution in [0.1, 0.15) is 22.1 Å². The second-order valence-corrected chi connectivity index (χ2v) is 8.36. The van der Waals surface area contributed by atoms with Crippen LogP contribution in [0.25, 0.3) is 0 Å². The molecule has 164 valence electrons. The molecule has 0 bridgehead atoms. The summed E-state index contributed by atoms with van der Waals surface area (Å²) < 4.78 is 0. The molecule has 2 fully saturated rings. The number of piperazine rings is 2. The van der Waals surface area contributed by atoms with E-state index < -0.39 is 0 Å². The van der Waals surface area contributed by atoms with Gasteiger partial charge >= 0.3 is 0 Å². The number of rotatable bonds is 4. The third kappa shape index (κ3) is 4.46. The van der Waals surface area contributed by atoms with Crippen LogP contribution in [-0.2, 0) is 0 Å². The lowest BCUT2D eigenvalue weighted by Gasteiger charge is -2.36. The molecule has 0 spiro atoms. The topological polar surface area (TPSA) is 51.7 Å². The number of aromatic nitrogens is 1. The number of para-hydroxylation sites is 1. The zero-order valence-electron chi connectivity index (χ0n) is 18.2. The van der Waals surface area contributed by atoms with Gasteiger partial charge in [-0.1, -0.05) is 54.6 Å². The van der Waals surface area contributed by atoms with Crippen molar-refractivity contribution in [1.29, 1.82) is 0 Å². The first kappa shape index (κ1) is 20.5. The van der Waals surface area contributed by atoms with Crippen LogP contribution in [0.2, 0.25) is 0 Å². The Kier molecular flexibility index (Phi) is 6.03. The van der Waals surface area contributed by atoms with Crippen molar-refractivity contribution in [2.45, 2.75) is 6.04 Å². The Bertz CT molecular complexity index is 1030. The van der Waals surface area contributed by atoms with Crippen molar-refractivity contribution in [2.75, 3.05) is 55.6 Å². The molecule has 1 amide bonds. The van der Waals surface area contributed by atoms with Crippen LogP contribution < -0.4 is 15.1 Å². The van der Waals surface area contributed by atoms with E-state index in [1.807, 2.05) is 35.2 Å². The molecule has 3 aromatic rings. The summed E-state index contributed by atoms with van der Waals surface area (Å²) in [7, 11) is 0. The lowest BCUT2D eigenvalue weighted by atomic mass is 10.0. The molecule has 2 saturated heterocycles. The van der Waals surface area contributed by atoms with Gasteiger partial charge in [-0.05, 0) is 29.8 Å². The molecule has 1 N–H and O–H groups in total. The fraction of sp³-hybridized carbons (Fsp3) is 0.308. The number of pyridine rings is 1. The van der Waals surface area contributed by atoms with Gasteiger partial charge < -0.3 is 20.0 Å². The number of nitrogens with one attached hydrogen (secondary N) is 1. The zero-order chi connectivity index (χ0) is 21.8. The van der Waals surface area contributed by atoms with Crippen molar-refractivity contribution in [2.24, 2.45) is 0 Å². The number of benzene rings is 2. The van der Waals surface area contributed by atoms with Gasteiger partial charge in [-0.2, -0.15) is 0 Å². The van der Waals surface area contributed by atoms with E-state index in [4.69, 9.17) is 4.98 Å². The van der Waals surface area contributed by atoms with Gasteiger partial charge in [-0.15, -0.1) is 0 Å². The second kappa shape index (κ2) is 9.40. The normalized spacial score (nSPS) is 19.1. The Labute approximate surface area is 189 Å². The summed E-state index contributed by atoms with van der Waals surface area (Å²) in [5, 5.41) is 3.59. The fourth-order valence-corrected chi connectivity index (χ4v) is 4.55. The molecule has 6 heteroatoms. The molecule has 1 aromatic heterocycles. The van der Waals surface area contributed by atoms with Gasteiger partial charge in [0.25, 0.3) is 5.91 Å². The summed E-state index contributed by atoms with van der Waals surface area (Å²) in [6.07, 6.45) is 0. The highest BCUT2D eigenvalue weighted by Crippen LogP contribution is 2.22. The molecular weight excluding hydrogens is 398 g/mol. The van der Waals surface area contributed by atoms with Gasteiger partial charge in [0.15, 0.2) is 0 Å². The van der Waals surface area contributed by atoms with E-state index in [9.17, 15) is 4.79 Å². The lowest BCUT2D eigenvalue weighted by Crippen LogP contribution is -2.49. The molecule has 0 saturated carbocycles. The Morgan fingerprint density at radius 3 is 2.25 bits per heavy atom. The van der Waals surface area contributed by atoms with E-state index in [2.05, 4.69) is 63.6 Å². The van der Waals surface area contributed by atoms with E-state index in [0.717, 1.165) is 38.5 Å². The van der Waals surface area contributed by atoms with Crippen LogP contribution in [0.3, 0.4) is 0 Å². The van der Waals surface area contributed by atoms with Crippen LogP contribution in [0.15, 0.2) is 78.9 Å². The first-order valence-corrected chi connectivity index (χ1v) is 11.4. The van der Waals surface area contributed by atoms with Gasteiger partial charge in [0.05, 0.1) is 0 Å². The summed E-state index contributed by atoms with van der Waals surface area (Å²) in [6.45, 7) is 5.71. The van der Waals surface area contributed by atoms with E-state index in [-0.39, 0.29) is 11.9 Å². The van der Waals surface area contributed by atoms with Crippen LogP contribution in [0.4, 0.5) is 11.5 Å². The molecule has 2 aliphatic heterocycles. The van der Waals surface area contributed by atoms with Crippen molar-refractivity contribution in [3.05, 3.63) is 90.1 Å². The number of hydrogen-bond acceptors (Lipinski definition) is 5. The highest BCUT2D eigenvalue weighted by atomic mass is 16.2. The van der Waals surface area contributed by atoms with Crippen molar-refractivity contribution >= 4 is 17.4 Å². The van der Waals surface area contributed by atoms with Crippen molar-refractivity contribution < 1.29 is 4.79 Å². The summed E-state index contributed by atoms with van der Waals surface area (Å²) in [4.78, 5) is 24.5. The van der Waals surface area contributed by atoms with Gasteiger partial charge in [-0.25, -0.2) is 4.98 Å². The maximum absolute atomic E-state index is 13.2. The van der Waals surface area contributed by atoms with Crippen molar-refractivity contribution in [3.63, 3.8) is 0 Å². The quantitative estimate of drug-likeness (QED) is 0.693.